The van der Waals surface area contributed by atoms with Crippen LogP contribution in [0, 0.1) is 11.8 Å². The van der Waals surface area contributed by atoms with E-state index in [9.17, 15) is 13.5 Å². The van der Waals surface area contributed by atoms with E-state index in [1.165, 1.54) is 12.7 Å². The Hall–Kier alpha value is -0.910. The third-order valence-electron chi connectivity index (χ3n) is 4.38. The number of piperidine rings is 1. The summed E-state index contributed by atoms with van der Waals surface area (Å²) < 4.78 is 23.0. The van der Waals surface area contributed by atoms with E-state index in [2.05, 4.69) is 18.7 Å². The fourth-order valence-electron chi connectivity index (χ4n) is 3.51. The van der Waals surface area contributed by atoms with Crippen molar-refractivity contribution in [2.24, 2.45) is 11.8 Å². The summed E-state index contributed by atoms with van der Waals surface area (Å²) in [5.41, 5.74) is -0.224. The highest BCUT2D eigenvalue weighted by atomic mass is 32.2. The molecule has 0 spiro atoms. The van der Waals surface area contributed by atoms with Gasteiger partial charge in [-0.3, -0.25) is 4.90 Å². The maximum absolute atomic E-state index is 11.5. The van der Waals surface area contributed by atoms with E-state index in [-0.39, 0.29) is 4.90 Å². The number of likely N-dealkylation sites (tertiary alicyclic amines) is 1. The highest BCUT2D eigenvalue weighted by molar-refractivity contribution is 7.90. The van der Waals surface area contributed by atoms with Crippen LogP contribution in [-0.2, 0) is 15.4 Å². The Morgan fingerprint density at radius 2 is 1.68 bits per heavy atom. The van der Waals surface area contributed by atoms with Crippen molar-refractivity contribution < 1.29 is 13.5 Å². The van der Waals surface area contributed by atoms with Gasteiger partial charge in [0.25, 0.3) is 0 Å². The molecule has 1 aliphatic rings. The molecule has 1 aliphatic heterocycles. The van der Waals surface area contributed by atoms with E-state index in [0.717, 1.165) is 18.7 Å². The zero-order chi connectivity index (χ0) is 16.5. The number of nitrogens with zero attached hydrogens (tertiary/aromatic N) is 1. The van der Waals surface area contributed by atoms with Gasteiger partial charge in [0.2, 0.25) is 0 Å². The Bertz CT molecular complexity index is 597. The van der Waals surface area contributed by atoms with E-state index in [0.29, 0.717) is 18.4 Å². The van der Waals surface area contributed by atoms with Crippen molar-refractivity contribution in [2.45, 2.75) is 37.7 Å². The lowest BCUT2D eigenvalue weighted by Gasteiger charge is -2.39. The van der Waals surface area contributed by atoms with Gasteiger partial charge >= 0.3 is 0 Å². The molecule has 0 bridgehead atoms. The first-order valence-electron chi connectivity index (χ1n) is 7.83. The molecule has 4 nitrogen and oxygen atoms in total. The van der Waals surface area contributed by atoms with Crippen LogP contribution >= 0.6 is 0 Å². The van der Waals surface area contributed by atoms with Crippen LogP contribution in [0.3, 0.4) is 0 Å². The normalized spacial score (nSPS) is 26.6. The fourth-order valence-corrected chi connectivity index (χ4v) is 4.14. The third-order valence-corrected chi connectivity index (χ3v) is 5.51. The maximum Gasteiger partial charge on any atom is 0.175 e. The molecule has 22 heavy (non-hydrogen) atoms. The number of sulfone groups is 1. The van der Waals surface area contributed by atoms with Crippen LogP contribution < -0.4 is 0 Å². The molecular weight excluding hydrogens is 298 g/mol. The van der Waals surface area contributed by atoms with Crippen LogP contribution in [0.5, 0.6) is 0 Å². The van der Waals surface area contributed by atoms with Crippen molar-refractivity contribution in [3.8, 4) is 0 Å². The van der Waals surface area contributed by atoms with Crippen molar-refractivity contribution in [2.75, 3.05) is 25.9 Å². The molecule has 124 valence electrons. The van der Waals surface area contributed by atoms with E-state index >= 15 is 0 Å². The van der Waals surface area contributed by atoms with Gasteiger partial charge in [0.1, 0.15) is 0 Å². The summed E-state index contributed by atoms with van der Waals surface area (Å²) in [7, 11) is -3.20. The van der Waals surface area contributed by atoms with Gasteiger partial charge in [0.15, 0.2) is 9.84 Å². The number of benzene rings is 1. The second-order valence-corrected chi connectivity index (χ2v) is 9.23. The molecular formula is C17H27NO3S. The summed E-state index contributed by atoms with van der Waals surface area (Å²) in [6, 6.07) is 6.57. The minimum atomic E-state index is -3.20. The molecule has 0 radical (unpaired) electrons. The summed E-state index contributed by atoms with van der Waals surface area (Å²) >= 11 is 0. The predicted molar refractivity (Wildman–Crippen MR) is 88.5 cm³/mol. The lowest BCUT2D eigenvalue weighted by molar-refractivity contribution is -0.00330. The second-order valence-electron chi connectivity index (χ2n) is 7.21. The van der Waals surface area contributed by atoms with Crippen LogP contribution in [0.25, 0.3) is 0 Å². The average molecular weight is 325 g/mol. The van der Waals surface area contributed by atoms with Crippen molar-refractivity contribution in [3.05, 3.63) is 29.8 Å². The van der Waals surface area contributed by atoms with Crippen molar-refractivity contribution >= 4 is 9.84 Å². The van der Waals surface area contributed by atoms with Crippen LogP contribution in [-0.4, -0.2) is 44.3 Å². The van der Waals surface area contributed by atoms with Gasteiger partial charge in [-0.15, -0.1) is 0 Å². The van der Waals surface area contributed by atoms with Gasteiger partial charge < -0.3 is 5.11 Å². The van der Waals surface area contributed by atoms with Crippen molar-refractivity contribution in [1.82, 2.24) is 4.90 Å². The van der Waals surface area contributed by atoms with Gasteiger partial charge in [-0.25, -0.2) is 8.42 Å². The molecule has 3 atom stereocenters. The predicted octanol–water partition coefficient (Wildman–Crippen LogP) is 2.28. The van der Waals surface area contributed by atoms with Gasteiger partial charge in [-0.05, 0) is 42.9 Å². The number of hydrogen-bond donors (Lipinski definition) is 1. The molecule has 1 heterocycles. The van der Waals surface area contributed by atoms with Gasteiger partial charge in [0.05, 0.1) is 10.5 Å². The summed E-state index contributed by atoms with van der Waals surface area (Å²) in [6.07, 6.45) is 2.43. The first-order valence-corrected chi connectivity index (χ1v) is 9.72. The standard InChI is InChI=1S/C17H27NO3S/c1-13-9-14(2)11-18(10-13)12-17(3,19)15-5-7-16(8-6-15)22(4,20)21/h5-8,13-14,19H,9-12H2,1-4H3. The Balaban J connectivity index is 2.12. The molecule has 1 aromatic carbocycles. The summed E-state index contributed by atoms with van der Waals surface area (Å²) in [4.78, 5) is 2.59. The van der Waals surface area contributed by atoms with Gasteiger partial charge in [0, 0.05) is 25.9 Å². The molecule has 0 saturated carbocycles. The van der Waals surface area contributed by atoms with E-state index in [1.807, 2.05) is 0 Å². The van der Waals surface area contributed by atoms with E-state index < -0.39 is 15.4 Å². The quantitative estimate of drug-likeness (QED) is 0.923. The topological polar surface area (TPSA) is 57.6 Å². The zero-order valence-electron chi connectivity index (χ0n) is 13.9. The third kappa shape index (κ3) is 4.31. The van der Waals surface area contributed by atoms with E-state index in [4.69, 9.17) is 0 Å². The maximum atomic E-state index is 11.5. The molecule has 5 heteroatoms. The van der Waals surface area contributed by atoms with E-state index in [1.54, 1.807) is 31.2 Å². The smallest absolute Gasteiger partial charge is 0.175 e. The Morgan fingerprint density at radius 1 is 1.18 bits per heavy atom. The summed E-state index contributed by atoms with van der Waals surface area (Å²) in [5, 5.41) is 10.8. The Kier molecular flexibility index (Phi) is 5.00. The summed E-state index contributed by atoms with van der Waals surface area (Å²) in [6.45, 7) is 8.87. The van der Waals surface area contributed by atoms with Crippen molar-refractivity contribution in [1.29, 1.82) is 0 Å². The van der Waals surface area contributed by atoms with Crippen LogP contribution in [0.2, 0.25) is 0 Å². The van der Waals surface area contributed by atoms with Crippen LogP contribution in [0.4, 0.5) is 0 Å². The fraction of sp³-hybridized carbons (Fsp3) is 0.647. The second kappa shape index (κ2) is 6.30. The zero-order valence-corrected chi connectivity index (χ0v) is 14.7. The largest absolute Gasteiger partial charge is 0.384 e. The highest BCUT2D eigenvalue weighted by Crippen LogP contribution is 2.27. The number of hydrogen-bond acceptors (Lipinski definition) is 4. The van der Waals surface area contributed by atoms with Crippen LogP contribution in [0.1, 0.15) is 32.8 Å². The first-order chi connectivity index (χ1) is 10.1. The Morgan fingerprint density at radius 3 is 2.14 bits per heavy atom. The Labute approximate surface area is 134 Å². The van der Waals surface area contributed by atoms with Gasteiger partial charge in [-0.2, -0.15) is 0 Å². The molecule has 1 N–H and O–H groups in total. The lowest BCUT2D eigenvalue weighted by Crippen LogP contribution is -2.45. The number of rotatable bonds is 4. The monoisotopic (exact) mass is 325 g/mol. The molecule has 0 aliphatic carbocycles. The molecule has 3 unspecified atom stereocenters. The molecule has 0 amide bonds. The minimum absolute atomic E-state index is 0.285. The molecule has 2 rings (SSSR count). The minimum Gasteiger partial charge on any atom is -0.384 e. The van der Waals surface area contributed by atoms with Crippen LogP contribution in [0.15, 0.2) is 29.2 Å². The molecule has 1 aromatic rings. The average Bonchev–Trinajstić information content (AvgIpc) is 2.36. The summed E-state index contributed by atoms with van der Waals surface area (Å²) in [5.74, 6) is 1.29. The highest BCUT2D eigenvalue weighted by Gasteiger charge is 2.30. The molecule has 0 aromatic heterocycles. The van der Waals surface area contributed by atoms with Crippen molar-refractivity contribution in [3.63, 3.8) is 0 Å². The SMILES string of the molecule is CC1CC(C)CN(CC(C)(O)c2ccc(S(C)(=O)=O)cc2)C1. The number of β-amino-alcohol motifs (C(OH)–C–C–N with tert-alkyl or cyclic N) is 1. The first kappa shape index (κ1) is 17.4. The van der Waals surface area contributed by atoms with Gasteiger partial charge in [-0.1, -0.05) is 26.0 Å². The molecule has 1 fully saturated rings. The lowest BCUT2D eigenvalue weighted by atomic mass is 9.89. The molecule has 1 saturated heterocycles. The number of aliphatic hydroxyl groups is 1.